The van der Waals surface area contributed by atoms with Crippen molar-refractivity contribution in [2.24, 2.45) is 11.7 Å². The molecule has 102 valence electrons. The zero-order chi connectivity index (χ0) is 13.1. The molecule has 17 heavy (non-hydrogen) atoms. The number of aliphatic hydroxyl groups is 1. The number of nitrogens with two attached hydrogens (primary N) is 1. The summed E-state index contributed by atoms with van der Waals surface area (Å²) in [4.78, 5) is 2.41. The van der Waals surface area contributed by atoms with E-state index >= 15 is 0 Å². The fourth-order valence-corrected chi connectivity index (χ4v) is 2.73. The van der Waals surface area contributed by atoms with Crippen LogP contribution >= 0.6 is 0 Å². The standard InChI is InChI=1S/C14H30N2O/c1-5-13(2,3)16(4)10-8-12-7-6-9-14(12,17)11-15/h12,17H,5-11,15H2,1-4H3. The highest BCUT2D eigenvalue weighted by Crippen LogP contribution is 2.37. The molecule has 2 atom stereocenters. The first-order chi connectivity index (χ1) is 7.85. The van der Waals surface area contributed by atoms with Gasteiger partial charge < -0.3 is 15.7 Å². The molecule has 3 heteroatoms. The summed E-state index contributed by atoms with van der Waals surface area (Å²) in [5.74, 6) is 0.391. The van der Waals surface area contributed by atoms with Crippen molar-refractivity contribution in [2.45, 2.75) is 64.0 Å². The summed E-state index contributed by atoms with van der Waals surface area (Å²) in [5.41, 5.74) is 5.38. The fraction of sp³-hybridized carbons (Fsp3) is 1.00. The van der Waals surface area contributed by atoms with Gasteiger partial charge in [0.2, 0.25) is 0 Å². The third-order valence-electron chi connectivity index (χ3n) is 4.99. The minimum atomic E-state index is -0.586. The largest absolute Gasteiger partial charge is 0.388 e. The second-order valence-electron chi connectivity index (χ2n) is 6.27. The Hall–Kier alpha value is -0.120. The number of hydrogen-bond donors (Lipinski definition) is 2. The van der Waals surface area contributed by atoms with Gasteiger partial charge in [0.05, 0.1) is 5.60 Å². The van der Waals surface area contributed by atoms with Gasteiger partial charge in [0.1, 0.15) is 0 Å². The van der Waals surface area contributed by atoms with Gasteiger partial charge in [0.15, 0.2) is 0 Å². The maximum atomic E-state index is 10.4. The van der Waals surface area contributed by atoms with Crippen LogP contribution in [-0.4, -0.2) is 41.3 Å². The zero-order valence-electron chi connectivity index (χ0n) is 12.0. The summed E-state index contributed by atoms with van der Waals surface area (Å²) in [6, 6.07) is 0. The third kappa shape index (κ3) is 3.43. The molecule has 1 fully saturated rings. The van der Waals surface area contributed by atoms with Gasteiger partial charge in [-0.05, 0) is 59.0 Å². The minimum Gasteiger partial charge on any atom is -0.388 e. The van der Waals surface area contributed by atoms with Crippen LogP contribution in [0.25, 0.3) is 0 Å². The van der Waals surface area contributed by atoms with Crippen LogP contribution in [0.4, 0.5) is 0 Å². The Morgan fingerprint density at radius 3 is 2.65 bits per heavy atom. The first-order valence-electron chi connectivity index (χ1n) is 6.99. The summed E-state index contributed by atoms with van der Waals surface area (Å²) in [5, 5.41) is 10.4. The lowest BCUT2D eigenvalue weighted by Gasteiger charge is -2.37. The summed E-state index contributed by atoms with van der Waals surface area (Å²) in [6.07, 6.45) is 5.35. The second kappa shape index (κ2) is 5.68. The van der Waals surface area contributed by atoms with Gasteiger partial charge in [-0.3, -0.25) is 0 Å². The molecule has 0 aromatic heterocycles. The van der Waals surface area contributed by atoms with Crippen molar-refractivity contribution in [3.63, 3.8) is 0 Å². The molecular weight excluding hydrogens is 212 g/mol. The van der Waals surface area contributed by atoms with E-state index in [-0.39, 0.29) is 5.54 Å². The quantitative estimate of drug-likeness (QED) is 0.749. The maximum Gasteiger partial charge on any atom is 0.0797 e. The zero-order valence-corrected chi connectivity index (χ0v) is 12.0. The third-order valence-corrected chi connectivity index (χ3v) is 4.99. The van der Waals surface area contributed by atoms with Crippen LogP contribution in [0.2, 0.25) is 0 Å². The molecule has 0 aliphatic heterocycles. The Labute approximate surface area is 106 Å². The first kappa shape index (κ1) is 14.9. The van der Waals surface area contributed by atoms with Crippen molar-refractivity contribution < 1.29 is 5.11 Å². The molecule has 3 N–H and O–H groups in total. The highest BCUT2D eigenvalue weighted by atomic mass is 16.3. The van der Waals surface area contributed by atoms with Gasteiger partial charge in [0, 0.05) is 12.1 Å². The Bertz CT molecular complexity index is 242. The lowest BCUT2D eigenvalue weighted by Crippen LogP contribution is -2.45. The van der Waals surface area contributed by atoms with Crippen molar-refractivity contribution >= 4 is 0 Å². The molecule has 3 nitrogen and oxygen atoms in total. The van der Waals surface area contributed by atoms with Gasteiger partial charge in [-0.25, -0.2) is 0 Å². The molecule has 0 aromatic carbocycles. The predicted molar refractivity (Wildman–Crippen MR) is 73.0 cm³/mol. The Morgan fingerprint density at radius 1 is 1.47 bits per heavy atom. The molecule has 0 amide bonds. The first-order valence-corrected chi connectivity index (χ1v) is 6.99. The van der Waals surface area contributed by atoms with Crippen LogP contribution in [0.15, 0.2) is 0 Å². The average Bonchev–Trinajstić information content (AvgIpc) is 2.68. The van der Waals surface area contributed by atoms with E-state index in [1.807, 2.05) is 0 Å². The van der Waals surface area contributed by atoms with Crippen molar-refractivity contribution in [1.82, 2.24) is 4.90 Å². The van der Waals surface area contributed by atoms with Crippen molar-refractivity contribution in [1.29, 1.82) is 0 Å². The van der Waals surface area contributed by atoms with Gasteiger partial charge >= 0.3 is 0 Å². The number of nitrogens with zero attached hydrogens (tertiary/aromatic N) is 1. The second-order valence-corrected chi connectivity index (χ2v) is 6.27. The van der Waals surface area contributed by atoms with E-state index in [1.54, 1.807) is 0 Å². The fourth-order valence-electron chi connectivity index (χ4n) is 2.73. The number of hydrogen-bond acceptors (Lipinski definition) is 3. The molecule has 1 rings (SSSR count). The molecule has 0 saturated heterocycles. The van der Waals surface area contributed by atoms with Crippen LogP contribution in [-0.2, 0) is 0 Å². The smallest absolute Gasteiger partial charge is 0.0797 e. The Morgan fingerprint density at radius 2 is 2.12 bits per heavy atom. The van der Waals surface area contributed by atoms with Crippen LogP contribution < -0.4 is 5.73 Å². The molecular formula is C14H30N2O. The van der Waals surface area contributed by atoms with Crippen LogP contribution in [0, 0.1) is 5.92 Å². The maximum absolute atomic E-state index is 10.4. The van der Waals surface area contributed by atoms with E-state index in [0.29, 0.717) is 12.5 Å². The minimum absolute atomic E-state index is 0.249. The topological polar surface area (TPSA) is 49.5 Å². The lowest BCUT2D eigenvalue weighted by atomic mass is 9.87. The molecule has 1 aliphatic rings. The molecule has 2 unspecified atom stereocenters. The highest BCUT2D eigenvalue weighted by molar-refractivity contribution is 4.93. The van der Waals surface area contributed by atoms with E-state index < -0.39 is 5.60 Å². The van der Waals surface area contributed by atoms with Crippen LogP contribution in [0.3, 0.4) is 0 Å². The average molecular weight is 242 g/mol. The Balaban J connectivity index is 2.46. The van der Waals surface area contributed by atoms with E-state index in [4.69, 9.17) is 5.73 Å². The molecule has 0 radical (unpaired) electrons. The highest BCUT2D eigenvalue weighted by Gasteiger charge is 2.39. The normalized spacial score (nSPS) is 30.2. The van der Waals surface area contributed by atoms with E-state index in [0.717, 1.165) is 38.6 Å². The van der Waals surface area contributed by atoms with Gasteiger partial charge in [-0.1, -0.05) is 13.3 Å². The lowest BCUT2D eigenvalue weighted by molar-refractivity contribution is 0.00156. The number of rotatable bonds is 6. The van der Waals surface area contributed by atoms with E-state index in [2.05, 4.69) is 32.7 Å². The van der Waals surface area contributed by atoms with Gasteiger partial charge in [-0.2, -0.15) is 0 Å². The summed E-state index contributed by atoms with van der Waals surface area (Å²) >= 11 is 0. The van der Waals surface area contributed by atoms with E-state index in [1.165, 1.54) is 0 Å². The molecule has 0 heterocycles. The van der Waals surface area contributed by atoms with Crippen molar-refractivity contribution in [3.8, 4) is 0 Å². The Kier molecular flexibility index (Phi) is 4.99. The molecule has 0 aromatic rings. The predicted octanol–water partition coefficient (Wildman–Crippen LogP) is 1.99. The van der Waals surface area contributed by atoms with Gasteiger partial charge in [0.25, 0.3) is 0 Å². The SMILES string of the molecule is CCC(C)(C)N(C)CCC1CCCC1(O)CN. The van der Waals surface area contributed by atoms with Crippen molar-refractivity contribution in [2.75, 3.05) is 20.1 Å². The monoisotopic (exact) mass is 242 g/mol. The summed E-state index contributed by atoms with van der Waals surface area (Å²) in [7, 11) is 2.18. The molecule has 1 aliphatic carbocycles. The molecule has 1 saturated carbocycles. The summed E-state index contributed by atoms with van der Waals surface area (Å²) < 4.78 is 0. The van der Waals surface area contributed by atoms with E-state index in [9.17, 15) is 5.11 Å². The summed E-state index contributed by atoms with van der Waals surface area (Å²) in [6.45, 7) is 8.24. The van der Waals surface area contributed by atoms with Crippen LogP contribution in [0.1, 0.15) is 52.9 Å². The van der Waals surface area contributed by atoms with Crippen molar-refractivity contribution in [3.05, 3.63) is 0 Å². The van der Waals surface area contributed by atoms with Gasteiger partial charge in [-0.15, -0.1) is 0 Å². The molecule has 0 spiro atoms. The molecule has 0 bridgehead atoms. The van der Waals surface area contributed by atoms with Crippen LogP contribution in [0.5, 0.6) is 0 Å².